The highest BCUT2D eigenvalue weighted by Crippen LogP contribution is 2.22. The minimum atomic E-state index is -0.208. The summed E-state index contributed by atoms with van der Waals surface area (Å²) in [6.45, 7) is 0.844. The Morgan fingerprint density at radius 1 is 1.47 bits per heavy atom. The number of rotatable bonds is 0. The highest BCUT2D eigenvalue weighted by atomic mass is 19.1. The number of hydrogen-bond acceptors (Lipinski definition) is 2. The summed E-state index contributed by atoms with van der Waals surface area (Å²) in [4.78, 5) is 4.46. The maximum Gasteiger partial charge on any atom is 0.125 e. The number of halogens is 1. The molecule has 1 aromatic heterocycles. The molecule has 15 heavy (non-hydrogen) atoms. The third-order valence-corrected chi connectivity index (χ3v) is 2.96. The van der Waals surface area contributed by atoms with Gasteiger partial charge >= 0.3 is 0 Å². The van der Waals surface area contributed by atoms with Gasteiger partial charge in [-0.25, -0.2) is 9.37 Å². The van der Waals surface area contributed by atoms with Crippen molar-refractivity contribution < 1.29 is 4.39 Å². The SMILES string of the molecule is NC1CCn2c(nc3ccc(F)cc32)C1. The van der Waals surface area contributed by atoms with Crippen molar-refractivity contribution in [1.82, 2.24) is 9.55 Å². The van der Waals surface area contributed by atoms with E-state index < -0.39 is 0 Å². The van der Waals surface area contributed by atoms with Crippen molar-refractivity contribution in [3.63, 3.8) is 0 Å². The molecule has 0 radical (unpaired) electrons. The monoisotopic (exact) mass is 205 g/mol. The number of benzene rings is 1. The number of aromatic nitrogens is 2. The van der Waals surface area contributed by atoms with E-state index in [9.17, 15) is 4.39 Å². The maximum absolute atomic E-state index is 13.1. The topological polar surface area (TPSA) is 43.8 Å². The smallest absolute Gasteiger partial charge is 0.125 e. The molecular weight excluding hydrogens is 193 g/mol. The molecule has 78 valence electrons. The summed E-state index contributed by atoms with van der Waals surface area (Å²) >= 11 is 0. The Morgan fingerprint density at radius 2 is 2.33 bits per heavy atom. The number of fused-ring (bicyclic) bond motifs is 3. The quantitative estimate of drug-likeness (QED) is 0.707. The van der Waals surface area contributed by atoms with Crippen LogP contribution in [0.5, 0.6) is 0 Å². The van der Waals surface area contributed by atoms with E-state index in [1.54, 1.807) is 12.1 Å². The van der Waals surface area contributed by atoms with Crippen molar-refractivity contribution in [1.29, 1.82) is 0 Å². The van der Waals surface area contributed by atoms with E-state index in [1.807, 2.05) is 0 Å². The lowest BCUT2D eigenvalue weighted by molar-refractivity contribution is 0.470. The Bertz CT molecular complexity index is 518. The number of aryl methyl sites for hydroxylation is 1. The molecule has 2 aromatic rings. The zero-order valence-electron chi connectivity index (χ0n) is 8.28. The molecule has 0 spiro atoms. The van der Waals surface area contributed by atoms with Gasteiger partial charge in [0.05, 0.1) is 11.0 Å². The normalized spacial score (nSPS) is 20.5. The summed E-state index contributed by atoms with van der Waals surface area (Å²) in [5, 5.41) is 0. The lowest BCUT2D eigenvalue weighted by atomic mass is 10.1. The molecule has 4 heteroatoms. The molecule has 0 aliphatic carbocycles. The minimum absolute atomic E-state index is 0.194. The zero-order chi connectivity index (χ0) is 10.4. The van der Waals surface area contributed by atoms with Gasteiger partial charge in [-0.1, -0.05) is 0 Å². The first kappa shape index (κ1) is 8.85. The van der Waals surface area contributed by atoms with Crippen LogP contribution in [0.15, 0.2) is 18.2 Å². The molecular formula is C11H12FN3. The lowest BCUT2D eigenvalue weighted by Crippen LogP contribution is -2.30. The Kier molecular flexibility index (Phi) is 1.79. The van der Waals surface area contributed by atoms with Crippen LogP contribution in [0.25, 0.3) is 11.0 Å². The van der Waals surface area contributed by atoms with Crippen molar-refractivity contribution in [2.75, 3.05) is 0 Å². The first-order chi connectivity index (χ1) is 7.24. The van der Waals surface area contributed by atoms with E-state index in [2.05, 4.69) is 9.55 Å². The molecule has 3 nitrogen and oxygen atoms in total. The molecule has 3 rings (SSSR count). The first-order valence-electron chi connectivity index (χ1n) is 5.14. The van der Waals surface area contributed by atoms with E-state index in [0.717, 1.165) is 36.2 Å². The van der Waals surface area contributed by atoms with Gasteiger partial charge in [0.2, 0.25) is 0 Å². The molecule has 1 aliphatic heterocycles. The number of nitrogens with two attached hydrogens (primary N) is 1. The lowest BCUT2D eigenvalue weighted by Gasteiger charge is -2.19. The van der Waals surface area contributed by atoms with Gasteiger partial charge in [-0.2, -0.15) is 0 Å². The summed E-state index contributed by atoms with van der Waals surface area (Å²) in [5.74, 6) is 0.773. The van der Waals surface area contributed by atoms with E-state index >= 15 is 0 Å². The average molecular weight is 205 g/mol. The highest BCUT2D eigenvalue weighted by molar-refractivity contribution is 5.76. The fraction of sp³-hybridized carbons (Fsp3) is 0.364. The Labute approximate surface area is 86.7 Å². The van der Waals surface area contributed by atoms with Gasteiger partial charge in [-0.05, 0) is 24.6 Å². The molecule has 0 saturated carbocycles. The Morgan fingerprint density at radius 3 is 3.20 bits per heavy atom. The molecule has 0 saturated heterocycles. The fourth-order valence-corrected chi connectivity index (χ4v) is 2.18. The van der Waals surface area contributed by atoms with Crippen molar-refractivity contribution in [3.8, 4) is 0 Å². The van der Waals surface area contributed by atoms with Crippen LogP contribution in [0.1, 0.15) is 12.2 Å². The summed E-state index contributed by atoms with van der Waals surface area (Å²) in [6, 6.07) is 4.91. The molecule has 1 atom stereocenters. The second-order valence-corrected chi connectivity index (χ2v) is 4.07. The fourth-order valence-electron chi connectivity index (χ4n) is 2.18. The van der Waals surface area contributed by atoms with Gasteiger partial charge in [0.1, 0.15) is 11.6 Å². The number of imidazole rings is 1. The zero-order valence-corrected chi connectivity index (χ0v) is 8.28. The van der Waals surface area contributed by atoms with E-state index in [1.165, 1.54) is 6.07 Å². The van der Waals surface area contributed by atoms with Gasteiger partial charge in [0, 0.05) is 19.0 Å². The molecule has 0 fully saturated rings. The Hall–Kier alpha value is -1.42. The third-order valence-electron chi connectivity index (χ3n) is 2.96. The predicted molar refractivity (Wildman–Crippen MR) is 56.0 cm³/mol. The van der Waals surface area contributed by atoms with E-state index in [0.29, 0.717) is 0 Å². The summed E-state index contributed by atoms with van der Waals surface area (Å²) < 4.78 is 15.2. The molecule has 2 heterocycles. The van der Waals surface area contributed by atoms with Gasteiger partial charge in [0.15, 0.2) is 0 Å². The van der Waals surface area contributed by atoms with Crippen molar-refractivity contribution in [3.05, 3.63) is 29.8 Å². The molecule has 0 amide bonds. The van der Waals surface area contributed by atoms with Crippen LogP contribution in [0.2, 0.25) is 0 Å². The highest BCUT2D eigenvalue weighted by Gasteiger charge is 2.19. The average Bonchev–Trinajstić information content (AvgIpc) is 2.54. The van der Waals surface area contributed by atoms with Crippen LogP contribution < -0.4 is 5.73 Å². The largest absolute Gasteiger partial charge is 0.328 e. The van der Waals surface area contributed by atoms with Crippen LogP contribution >= 0.6 is 0 Å². The summed E-state index contributed by atoms with van der Waals surface area (Å²) in [7, 11) is 0. The van der Waals surface area contributed by atoms with Crippen LogP contribution in [-0.4, -0.2) is 15.6 Å². The molecule has 2 N–H and O–H groups in total. The van der Waals surface area contributed by atoms with Gasteiger partial charge < -0.3 is 10.3 Å². The predicted octanol–water partition coefficient (Wildman–Crippen LogP) is 1.45. The van der Waals surface area contributed by atoms with E-state index in [-0.39, 0.29) is 11.9 Å². The summed E-state index contributed by atoms with van der Waals surface area (Å²) in [5.41, 5.74) is 7.62. The van der Waals surface area contributed by atoms with Crippen molar-refractivity contribution in [2.24, 2.45) is 5.73 Å². The third kappa shape index (κ3) is 1.33. The number of hydrogen-bond donors (Lipinski definition) is 1. The van der Waals surface area contributed by atoms with Crippen LogP contribution in [-0.2, 0) is 13.0 Å². The van der Waals surface area contributed by atoms with Crippen LogP contribution in [0.4, 0.5) is 4.39 Å². The first-order valence-corrected chi connectivity index (χ1v) is 5.14. The second-order valence-electron chi connectivity index (χ2n) is 4.07. The van der Waals surface area contributed by atoms with Crippen LogP contribution in [0.3, 0.4) is 0 Å². The minimum Gasteiger partial charge on any atom is -0.328 e. The number of nitrogens with zero attached hydrogens (tertiary/aromatic N) is 2. The maximum atomic E-state index is 13.1. The Balaban J connectivity index is 2.24. The molecule has 1 aliphatic rings. The molecule has 0 bridgehead atoms. The van der Waals surface area contributed by atoms with Crippen molar-refractivity contribution in [2.45, 2.75) is 25.4 Å². The van der Waals surface area contributed by atoms with E-state index in [4.69, 9.17) is 5.73 Å². The summed E-state index contributed by atoms with van der Waals surface area (Å²) in [6.07, 6.45) is 1.73. The second kappa shape index (κ2) is 3.03. The van der Waals surface area contributed by atoms with Gasteiger partial charge in [-0.3, -0.25) is 0 Å². The molecule has 1 unspecified atom stereocenters. The molecule has 1 aromatic carbocycles. The standard InChI is InChI=1S/C11H12FN3/c12-7-1-2-9-10(5-7)15-4-3-8(13)6-11(15)14-9/h1-2,5,8H,3-4,6,13H2. The van der Waals surface area contributed by atoms with Crippen molar-refractivity contribution >= 4 is 11.0 Å². The van der Waals surface area contributed by atoms with Gasteiger partial charge in [0.25, 0.3) is 0 Å². The van der Waals surface area contributed by atoms with Crippen LogP contribution in [0, 0.1) is 5.82 Å². The van der Waals surface area contributed by atoms with Gasteiger partial charge in [-0.15, -0.1) is 0 Å².